The minimum Gasteiger partial charge on any atom is -0.398 e. The number of rotatable bonds is 2. The SMILES string of the molecule is Cc1cc(NC(=O)c2cc(Br)ccc2N)nn1C. The summed E-state index contributed by atoms with van der Waals surface area (Å²) in [5.74, 6) is 0.242. The molecule has 0 fully saturated rings. The monoisotopic (exact) mass is 308 g/mol. The van der Waals surface area contributed by atoms with Crippen LogP contribution in [0.15, 0.2) is 28.7 Å². The maximum Gasteiger partial charge on any atom is 0.258 e. The van der Waals surface area contributed by atoms with Crippen LogP contribution in [0, 0.1) is 6.92 Å². The molecule has 3 N–H and O–H groups in total. The van der Waals surface area contributed by atoms with Crippen LogP contribution in [0.2, 0.25) is 0 Å². The summed E-state index contributed by atoms with van der Waals surface area (Å²) in [6.45, 7) is 1.91. The van der Waals surface area contributed by atoms with Gasteiger partial charge in [-0.15, -0.1) is 0 Å². The molecule has 6 heteroatoms. The van der Waals surface area contributed by atoms with E-state index in [0.717, 1.165) is 10.2 Å². The van der Waals surface area contributed by atoms with Gasteiger partial charge in [-0.3, -0.25) is 9.48 Å². The number of nitrogens with zero attached hydrogens (tertiary/aromatic N) is 2. The van der Waals surface area contributed by atoms with E-state index in [4.69, 9.17) is 5.73 Å². The quantitative estimate of drug-likeness (QED) is 0.836. The fourth-order valence-corrected chi connectivity index (χ4v) is 1.89. The molecule has 0 unspecified atom stereocenters. The van der Waals surface area contributed by atoms with Gasteiger partial charge < -0.3 is 11.1 Å². The van der Waals surface area contributed by atoms with Gasteiger partial charge in [0.2, 0.25) is 0 Å². The van der Waals surface area contributed by atoms with Gasteiger partial charge in [-0.05, 0) is 25.1 Å². The molecule has 1 amide bonds. The van der Waals surface area contributed by atoms with Crippen LogP contribution >= 0.6 is 15.9 Å². The van der Waals surface area contributed by atoms with Crippen molar-refractivity contribution in [3.8, 4) is 0 Å². The zero-order valence-corrected chi connectivity index (χ0v) is 11.7. The molecular formula is C12H13BrN4O. The van der Waals surface area contributed by atoms with Crippen LogP contribution in [0.3, 0.4) is 0 Å². The largest absolute Gasteiger partial charge is 0.398 e. The maximum absolute atomic E-state index is 12.0. The average Bonchev–Trinajstić information content (AvgIpc) is 2.61. The molecule has 0 atom stereocenters. The Kier molecular flexibility index (Phi) is 3.38. The first-order valence-electron chi connectivity index (χ1n) is 5.34. The Morgan fingerprint density at radius 1 is 1.44 bits per heavy atom. The van der Waals surface area contributed by atoms with Crippen LogP contribution in [-0.2, 0) is 7.05 Å². The predicted octanol–water partition coefficient (Wildman–Crippen LogP) is 2.33. The third-order valence-corrected chi connectivity index (χ3v) is 3.11. The standard InChI is InChI=1S/C12H13BrN4O/c1-7-5-11(16-17(7)2)15-12(18)9-6-8(13)3-4-10(9)14/h3-6H,14H2,1-2H3,(H,15,16,18). The molecule has 94 valence electrons. The minimum absolute atomic E-state index is 0.271. The highest BCUT2D eigenvalue weighted by atomic mass is 79.9. The highest BCUT2D eigenvalue weighted by Crippen LogP contribution is 2.19. The number of halogens is 1. The lowest BCUT2D eigenvalue weighted by atomic mass is 10.1. The molecule has 18 heavy (non-hydrogen) atoms. The fraction of sp³-hybridized carbons (Fsp3) is 0.167. The van der Waals surface area contributed by atoms with Crippen LogP contribution < -0.4 is 11.1 Å². The summed E-state index contributed by atoms with van der Waals surface area (Å²) in [5.41, 5.74) is 7.59. The normalized spacial score (nSPS) is 10.4. The molecule has 1 aromatic heterocycles. The molecule has 0 saturated carbocycles. The smallest absolute Gasteiger partial charge is 0.258 e. The van der Waals surface area contributed by atoms with E-state index in [1.54, 1.807) is 28.9 Å². The third-order valence-electron chi connectivity index (χ3n) is 2.62. The topological polar surface area (TPSA) is 72.9 Å². The molecule has 0 aliphatic heterocycles. The van der Waals surface area contributed by atoms with Crippen molar-refractivity contribution >= 4 is 33.3 Å². The number of hydrogen-bond acceptors (Lipinski definition) is 3. The van der Waals surface area contributed by atoms with Gasteiger partial charge in [0.05, 0.1) is 5.56 Å². The van der Waals surface area contributed by atoms with E-state index in [2.05, 4.69) is 26.3 Å². The lowest BCUT2D eigenvalue weighted by Crippen LogP contribution is -2.14. The second-order valence-corrected chi connectivity index (χ2v) is 4.90. The average molecular weight is 309 g/mol. The van der Waals surface area contributed by atoms with Crippen molar-refractivity contribution in [3.05, 3.63) is 40.0 Å². The lowest BCUT2D eigenvalue weighted by molar-refractivity contribution is 0.102. The van der Waals surface area contributed by atoms with Crippen LogP contribution in [0.4, 0.5) is 11.5 Å². The zero-order chi connectivity index (χ0) is 13.3. The van der Waals surface area contributed by atoms with Crippen molar-refractivity contribution < 1.29 is 4.79 Å². The Balaban J connectivity index is 2.24. The molecule has 0 saturated heterocycles. The first kappa shape index (κ1) is 12.6. The fourth-order valence-electron chi connectivity index (χ4n) is 1.53. The summed E-state index contributed by atoms with van der Waals surface area (Å²) in [5, 5.41) is 6.88. The second-order valence-electron chi connectivity index (χ2n) is 3.98. The minimum atomic E-state index is -0.271. The maximum atomic E-state index is 12.0. The van der Waals surface area contributed by atoms with E-state index in [0.29, 0.717) is 17.1 Å². The number of amides is 1. The Morgan fingerprint density at radius 3 is 2.78 bits per heavy atom. The summed E-state index contributed by atoms with van der Waals surface area (Å²) < 4.78 is 2.50. The predicted molar refractivity (Wildman–Crippen MR) is 74.5 cm³/mol. The molecule has 1 aromatic carbocycles. The van der Waals surface area contributed by atoms with E-state index in [1.165, 1.54) is 0 Å². The van der Waals surface area contributed by atoms with E-state index in [9.17, 15) is 4.79 Å². The molecular weight excluding hydrogens is 296 g/mol. The van der Waals surface area contributed by atoms with Crippen molar-refractivity contribution in [2.45, 2.75) is 6.92 Å². The number of aryl methyl sites for hydroxylation is 2. The Morgan fingerprint density at radius 2 is 2.17 bits per heavy atom. The third kappa shape index (κ3) is 2.53. The Bertz CT molecular complexity index is 587. The number of nitrogen functional groups attached to an aromatic ring is 1. The van der Waals surface area contributed by atoms with Crippen molar-refractivity contribution in [3.63, 3.8) is 0 Å². The summed E-state index contributed by atoms with van der Waals surface area (Å²) in [6.07, 6.45) is 0. The van der Waals surface area contributed by atoms with Gasteiger partial charge in [0.1, 0.15) is 0 Å². The number of nitrogens with two attached hydrogens (primary N) is 1. The van der Waals surface area contributed by atoms with Crippen LogP contribution in [0.25, 0.3) is 0 Å². The number of carbonyl (C=O) groups is 1. The van der Waals surface area contributed by atoms with Crippen LogP contribution in [0.1, 0.15) is 16.1 Å². The van der Waals surface area contributed by atoms with Gasteiger partial charge in [-0.2, -0.15) is 5.10 Å². The van der Waals surface area contributed by atoms with Crippen molar-refractivity contribution in [2.24, 2.45) is 7.05 Å². The number of hydrogen-bond donors (Lipinski definition) is 2. The summed E-state index contributed by atoms with van der Waals surface area (Å²) in [6, 6.07) is 6.95. The molecule has 2 aromatic rings. The number of benzene rings is 1. The first-order chi connectivity index (χ1) is 8.47. The van der Waals surface area contributed by atoms with Crippen LogP contribution in [-0.4, -0.2) is 15.7 Å². The summed E-state index contributed by atoms with van der Waals surface area (Å²) >= 11 is 3.31. The molecule has 0 radical (unpaired) electrons. The van der Waals surface area contributed by atoms with Gasteiger partial charge in [0, 0.05) is 29.0 Å². The van der Waals surface area contributed by atoms with Crippen molar-refractivity contribution in [1.82, 2.24) is 9.78 Å². The Hall–Kier alpha value is -1.82. The van der Waals surface area contributed by atoms with E-state index in [-0.39, 0.29) is 5.91 Å². The van der Waals surface area contributed by atoms with Crippen LogP contribution in [0.5, 0.6) is 0 Å². The number of carbonyl (C=O) groups excluding carboxylic acids is 1. The zero-order valence-electron chi connectivity index (χ0n) is 10.1. The van der Waals surface area contributed by atoms with Gasteiger partial charge in [-0.25, -0.2) is 0 Å². The molecule has 0 bridgehead atoms. The van der Waals surface area contributed by atoms with Gasteiger partial charge in [0.15, 0.2) is 5.82 Å². The molecule has 0 spiro atoms. The van der Waals surface area contributed by atoms with Crippen molar-refractivity contribution in [1.29, 1.82) is 0 Å². The number of anilines is 2. The molecule has 2 rings (SSSR count). The molecule has 0 aliphatic rings. The summed E-state index contributed by atoms with van der Waals surface area (Å²) in [4.78, 5) is 12.0. The highest BCUT2D eigenvalue weighted by Gasteiger charge is 2.12. The number of nitrogens with one attached hydrogen (secondary N) is 1. The molecule has 1 heterocycles. The first-order valence-corrected chi connectivity index (χ1v) is 6.13. The molecule has 5 nitrogen and oxygen atoms in total. The Labute approximate surface area is 113 Å². The summed E-state index contributed by atoms with van der Waals surface area (Å²) in [7, 11) is 1.82. The van der Waals surface area contributed by atoms with Gasteiger partial charge in [-0.1, -0.05) is 15.9 Å². The van der Waals surface area contributed by atoms with Crippen molar-refractivity contribution in [2.75, 3.05) is 11.1 Å². The van der Waals surface area contributed by atoms with E-state index in [1.807, 2.05) is 14.0 Å². The highest BCUT2D eigenvalue weighted by molar-refractivity contribution is 9.10. The second kappa shape index (κ2) is 4.81. The molecule has 0 aliphatic carbocycles. The number of aromatic nitrogens is 2. The van der Waals surface area contributed by atoms with E-state index >= 15 is 0 Å². The van der Waals surface area contributed by atoms with Gasteiger partial charge in [0.25, 0.3) is 5.91 Å². The van der Waals surface area contributed by atoms with E-state index < -0.39 is 0 Å². The van der Waals surface area contributed by atoms with Gasteiger partial charge >= 0.3 is 0 Å². The lowest BCUT2D eigenvalue weighted by Gasteiger charge is -2.05.